The van der Waals surface area contributed by atoms with Crippen LogP contribution in [0.3, 0.4) is 0 Å². The topological polar surface area (TPSA) is 35.6 Å². The smallest absolute Gasteiger partial charge is 0.116 e. The van der Waals surface area contributed by atoms with E-state index in [1.165, 1.54) is 84.0 Å². The molecule has 270 valence electrons. The van der Waals surface area contributed by atoms with Gasteiger partial charge in [0.25, 0.3) is 0 Å². The van der Waals surface area contributed by atoms with E-state index in [1.54, 1.807) is 6.33 Å². The number of aromatic nitrogens is 4. The number of hydrogen-bond acceptors (Lipinski definition) is 4. The molecule has 0 aliphatic heterocycles. The van der Waals surface area contributed by atoms with Gasteiger partial charge in [-0.15, -0.1) is 22.7 Å². The maximum absolute atomic E-state index is 4.83. The Hall–Kier alpha value is -7.12. The number of para-hydroxylation sites is 2. The van der Waals surface area contributed by atoms with Gasteiger partial charge in [-0.2, -0.15) is 0 Å². The Morgan fingerprint density at radius 2 is 0.793 bits per heavy atom. The van der Waals surface area contributed by atoms with Crippen LogP contribution in [0.25, 0.3) is 118 Å². The van der Waals surface area contributed by atoms with Crippen molar-refractivity contribution in [1.82, 2.24) is 19.1 Å². The molecular formula is C52H30N4S2. The van der Waals surface area contributed by atoms with Gasteiger partial charge < -0.3 is 9.13 Å². The summed E-state index contributed by atoms with van der Waals surface area (Å²) in [4.78, 5) is 9.65. The summed E-state index contributed by atoms with van der Waals surface area (Å²) in [5, 5.41) is 10.4. The number of rotatable bonds is 4. The second-order valence-corrected chi connectivity index (χ2v) is 17.1. The molecule has 0 bridgehead atoms. The molecule has 0 radical (unpaired) electrons. The van der Waals surface area contributed by atoms with Gasteiger partial charge in [0.15, 0.2) is 0 Å². The maximum atomic E-state index is 4.83. The molecule has 5 aromatic heterocycles. The predicted octanol–water partition coefficient (Wildman–Crippen LogP) is 14.7. The third-order valence-electron chi connectivity index (χ3n) is 11.8. The summed E-state index contributed by atoms with van der Waals surface area (Å²) in [7, 11) is 0. The fourth-order valence-corrected chi connectivity index (χ4v) is 11.8. The lowest BCUT2D eigenvalue weighted by molar-refractivity contribution is 1.15. The molecule has 58 heavy (non-hydrogen) atoms. The summed E-state index contributed by atoms with van der Waals surface area (Å²) in [5.41, 5.74) is 10.8. The van der Waals surface area contributed by atoms with Crippen LogP contribution in [0.15, 0.2) is 182 Å². The first kappa shape index (κ1) is 32.0. The minimum Gasteiger partial charge on any atom is -0.309 e. The van der Waals surface area contributed by atoms with E-state index in [9.17, 15) is 0 Å². The summed E-state index contributed by atoms with van der Waals surface area (Å²) in [6.45, 7) is 0. The van der Waals surface area contributed by atoms with Crippen molar-refractivity contribution in [2.75, 3.05) is 0 Å². The molecule has 13 aromatic rings. The van der Waals surface area contributed by atoms with Gasteiger partial charge in [0.2, 0.25) is 0 Å². The zero-order chi connectivity index (χ0) is 37.9. The average molecular weight is 775 g/mol. The zero-order valence-electron chi connectivity index (χ0n) is 30.9. The first-order chi connectivity index (χ1) is 28.8. The van der Waals surface area contributed by atoms with E-state index in [0.717, 1.165) is 33.9 Å². The summed E-state index contributed by atoms with van der Waals surface area (Å²) in [5.74, 6) is 0. The minimum atomic E-state index is 0.883. The van der Waals surface area contributed by atoms with Crippen LogP contribution in [0, 0.1) is 0 Å². The SMILES string of the molecule is c1cc(-c2cc(-c3cccc(-n4c5ccccc5c5c6sc7ccccc7c6ccc54)c3)ncn2)cc(-n2c3ccccc3c3c4sc5ccccc5c4ccc32)c1. The molecule has 6 heteroatoms. The summed E-state index contributed by atoms with van der Waals surface area (Å²) < 4.78 is 10.1. The molecule has 0 aliphatic rings. The van der Waals surface area contributed by atoms with E-state index < -0.39 is 0 Å². The Bertz CT molecular complexity index is 3580. The van der Waals surface area contributed by atoms with Gasteiger partial charge in [-0.05, 0) is 66.7 Å². The molecule has 0 saturated carbocycles. The van der Waals surface area contributed by atoms with Crippen molar-refractivity contribution in [3.05, 3.63) is 182 Å². The molecule has 0 spiro atoms. The van der Waals surface area contributed by atoms with Crippen molar-refractivity contribution in [2.24, 2.45) is 0 Å². The second kappa shape index (κ2) is 12.2. The van der Waals surface area contributed by atoms with Crippen molar-refractivity contribution in [1.29, 1.82) is 0 Å². The van der Waals surface area contributed by atoms with E-state index in [1.807, 2.05) is 22.7 Å². The van der Waals surface area contributed by atoms with Crippen LogP contribution in [-0.2, 0) is 0 Å². The van der Waals surface area contributed by atoms with E-state index in [4.69, 9.17) is 9.97 Å². The van der Waals surface area contributed by atoms with Crippen molar-refractivity contribution in [3.8, 4) is 33.9 Å². The Balaban J connectivity index is 0.933. The Labute approximate surface area is 340 Å². The molecule has 5 heterocycles. The van der Waals surface area contributed by atoms with Gasteiger partial charge in [0, 0.05) is 84.4 Å². The largest absolute Gasteiger partial charge is 0.309 e. The van der Waals surface area contributed by atoms with Gasteiger partial charge in [0.05, 0.1) is 33.5 Å². The highest BCUT2D eigenvalue weighted by atomic mass is 32.1. The van der Waals surface area contributed by atoms with Crippen LogP contribution in [0.2, 0.25) is 0 Å². The molecule has 0 amide bonds. The number of fused-ring (bicyclic) bond motifs is 14. The molecule has 0 N–H and O–H groups in total. The third kappa shape index (κ3) is 4.55. The predicted molar refractivity (Wildman–Crippen MR) is 247 cm³/mol. The molecule has 0 fully saturated rings. The van der Waals surface area contributed by atoms with Crippen LogP contribution in [0.5, 0.6) is 0 Å². The normalized spacial score (nSPS) is 12.1. The first-order valence-electron chi connectivity index (χ1n) is 19.5. The number of hydrogen-bond donors (Lipinski definition) is 0. The van der Waals surface area contributed by atoms with Crippen LogP contribution in [0.1, 0.15) is 0 Å². The highest BCUT2D eigenvalue weighted by Gasteiger charge is 2.20. The number of nitrogens with zero attached hydrogens (tertiary/aromatic N) is 4. The van der Waals surface area contributed by atoms with Crippen molar-refractivity contribution >= 4 is 107 Å². The second-order valence-electron chi connectivity index (χ2n) is 15.0. The van der Waals surface area contributed by atoms with E-state index in [-0.39, 0.29) is 0 Å². The lowest BCUT2D eigenvalue weighted by atomic mass is 10.1. The fraction of sp³-hybridized carbons (Fsp3) is 0. The highest BCUT2D eigenvalue weighted by molar-refractivity contribution is 7.27. The number of benzene rings is 8. The monoisotopic (exact) mass is 774 g/mol. The van der Waals surface area contributed by atoms with Crippen LogP contribution in [-0.4, -0.2) is 19.1 Å². The quantitative estimate of drug-likeness (QED) is 0.178. The number of thiophene rings is 2. The standard InChI is InChI=1S/C52H30N4S2/c1-5-19-43-39(17-1)49-45(25-23-37-35-15-3-7-21-47(35)57-51(37)49)55(43)33-13-9-11-31(27-33)41-29-42(54-30-53-41)32-12-10-14-34(28-32)56-44-20-6-2-18-40(44)50-46(56)26-24-38-36-16-4-8-22-48(36)58-52(38)50/h1-30H. The summed E-state index contributed by atoms with van der Waals surface area (Å²) in [6.07, 6.45) is 1.70. The third-order valence-corrected chi connectivity index (χ3v) is 14.2. The van der Waals surface area contributed by atoms with Gasteiger partial charge in [-0.25, -0.2) is 9.97 Å². The average Bonchev–Trinajstić information content (AvgIpc) is 4.04. The van der Waals surface area contributed by atoms with Crippen LogP contribution < -0.4 is 0 Å². The molecule has 0 unspecified atom stereocenters. The van der Waals surface area contributed by atoms with E-state index in [2.05, 4.69) is 185 Å². The molecule has 8 aromatic carbocycles. The molecular weight excluding hydrogens is 745 g/mol. The van der Waals surface area contributed by atoms with Crippen molar-refractivity contribution in [3.63, 3.8) is 0 Å². The fourth-order valence-electron chi connectivity index (χ4n) is 9.31. The molecule has 4 nitrogen and oxygen atoms in total. The van der Waals surface area contributed by atoms with Crippen LogP contribution in [0.4, 0.5) is 0 Å². The van der Waals surface area contributed by atoms with Crippen LogP contribution >= 0.6 is 22.7 Å². The maximum Gasteiger partial charge on any atom is 0.116 e. The molecule has 0 aliphatic carbocycles. The Kier molecular flexibility index (Phi) is 6.73. The molecule has 13 rings (SSSR count). The first-order valence-corrected chi connectivity index (χ1v) is 21.1. The lowest BCUT2D eigenvalue weighted by Crippen LogP contribution is -1.96. The molecule has 0 saturated heterocycles. The highest BCUT2D eigenvalue weighted by Crippen LogP contribution is 2.45. The van der Waals surface area contributed by atoms with E-state index in [0.29, 0.717) is 0 Å². The molecule has 0 atom stereocenters. The lowest BCUT2D eigenvalue weighted by Gasteiger charge is -2.12. The Morgan fingerprint density at radius 3 is 1.29 bits per heavy atom. The van der Waals surface area contributed by atoms with Gasteiger partial charge >= 0.3 is 0 Å². The zero-order valence-corrected chi connectivity index (χ0v) is 32.6. The van der Waals surface area contributed by atoms with Gasteiger partial charge in [-0.1, -0.05) is 109 Å². The summed E-state index contributed by atoms with van der Waals surface area (Å²) >= 11 is 3.77. The summed E-state index contributed by atoms with van der Waals surface area (Å²) in [6, 6.07) is 63.9. The van der Waals surface area contributed by atoms with Gasteiger partial charge in [0.1, 0.15) is 6.33 Å². The van der Waals surface area contributed by atoms with Gasteiger partial charge in [-0.3, -0.25) is 0 Å². The Morgan fingerprint density at radius 1 is 0.345 bits per heavy atom. The minimum absolute atomic E-state index is 0.883. The van der Waals surface area contributed by atoms with E-state index >= 15 is 0 Å². The van der Waals surface area contributed by atoms with Crippen molar-refractivity contribution in [2.45, 2.75) is 0 Å². The van der Waals surface area contributed by atoms with Crippen molar-refractivity contribution < 1.29 is 0 Å².